The van der Waals surface area contributed by atoms with Gasteiger partial charge in [-0.1, -0.05) is 6.07 Å². The Balaban J connectivity index is 2.00. The maximum atomic E-state index is 9.33. The third kappa shape index (κ3) is 3.44. The molecular weight excluding hydrogens is 258 g/mol. The Bertz CT molecular complexity index is 432. The summed E-state index contributed by atoms with van der Waals surface area (Å²) in [6.45, 7) is 3.33. The van der Waals surface area contributed by atoms with Gasteiger partial charge in [0, 0.05) is 29.5 Å². The predicted octanol–water partition coefficient (Wildman–Crippen LogP) is 2.84. The molecule has 1 saturated carbocycles. The maximum Gasteiger partial charge on any atom is 0.132 e. The molecule has 4 heteroatoms. The third-order valence-electron chi connectivity index (χ3n) is 3.98. The molecule has 1 aliphatic rings. The van der Waals surface area contributed by atoms with E-state index in [1.165, 1.54) is 5.56 Å². The van der Waals surface area contributed by atoms with Crippen LogP contribution in [0.1, 0.15) is 31.4 Å². The standard InChI is InChI=1S/C15H23NO2S/c1-11(16-9-15(10-17)6-7-15)12-4-5-14(19-3)13(8-12)18-2/h4-5,8,11,16-17H,6-7,9-10H2,1-3H3. The van der Waals surface area contributed by atoms with E-state index in [0.29, 0.717) is 6.61 Å². The molecule has 0 spiro atoms. The number of ether oxygens (including phenoxy) is 1. The number of rotatable bonds is 7. The highest BCUT2D eigenvalue weighted by Crippen LogP contribution is 2.44. The molecule has 0 heterocycles. The number of methoxy groups -OCH3 is 1. The molecule has 1 unspecified atom stereocenters. The lowest BCUT2D eigenvalue weighted by atomic mass is 10.1. The molecule has 1 aromatic rings. The van der Waals surface area contributed by atoms with E-state index in [-0.39, 0.29) is 11.5 Å². The molecule has 1 aliphatic carbocycles. The van der Waals surface area contributed by atoms with Crippen molar-refractivity contribution in [1.29, 1.82) is 0 Å². The van der Waals surface area contributed by atoms with Crippen molar-refractivity contribution in [3.8, 4) is 5.75 Å². The van der Waals surface area contributed by atoms with E-state index in [1.54, 1.807) is 18.9 Å². The van der Waals surface area contributed by atoms with E-state index in [1.807, 2.05) is 0 Å². The van der Waals surface area contributed by atoms with Gasteiger partial charge in [0.1, 0.15) is 5.75 Å². The highest BCUT2D eigenvalue weighted by Gasteiger charge is 2.41. The second-order valence-electron chi connectivity index (χ2n) is 5.38. The van der Waals surface area contributed by atoms with Crippen molar-refractivity contribution in [3.05, 3.63) is 23.8 Å². The zero-order valence-electron chi connectivity index (χ0n) is 11.9. The van der Waals surface area contributed by atoms with Crippen LogP contribution in [0.2, 0.25) is 0 Å². The van der Waals surface area contributed by atoms with Crippen LogP contribution in [-0.4, -0.2) is 31.6 Å². The van der Waals surface area contributed by atoms with E-state index in [0.717, 1.165) is 30.0 Å². The van der Waals surface area contributed by atoms with E-state index >= 15 is 0 Å². The van der Waals surface area contributed by atoms with Crippen LogP contribution in [0.3, 0.4) is 0 Å². The number of benzene rings is 1. The van der Waals surface area contributed by atoms with Crippen LogP contribution in [0.15, 0.2) is 23.1 Å². The SMILES string of the molecule is COc1cc(C(C)NCC2(CO)CC2)ccc1SC. The van der Waals surface area contributed by atoms with Gasteiger partial charge in [-0.15, -0.1) is 11.8 Å². The molecule has 106 valence electrons. The smallest absolute Gasteiger partial charge is 0.132 e. The fourth-order valence-electron chi connectivity index (χ4n) is 2.18. The van der Waals surface area contributed by atoms with Gasteiger partial charge in [-0.25, -0.2) is 0 Å². The van der Waals surface area contributed by atoms with E-state index in [4.69, 9.17) is 4.74 Å². The number of hydrogen-bond donors (Lipinski definition) is 2. The van der Waals surface area contributed by atoms with Crippen LogP contribution in [0.25, 0.3) is 0 Å². The highest BCUT2D eigenvalue weighted by molar-refractivity contribution is 7.98. The predicted molar refractivity (Wildman–Crippen MR) is 79.9 cm³/mol. The molecule has 3 nitrogen and oxygen atoms in total. The Hall–Kier alpha value is -0.710. The van der Waals surface area contributed by atoms with Crippen molar-refractivity contribution in [3.63, 3.8) is 0 Å². The van der Waals surface area contributed by atoms with E-state index in [2.05, 4.69) is 36.7 Å². The van der Waals surface area contributed by atoms with Crippen LogP contribution in [0, 0.1) is 5.41 Å². The molecule has 1 aromatic carbocycles. The molecule has 0 radical (unpaired) electrons. The molecule has 1 atom stereocenters. The first-order valence-corrected chi connectivity index (χ1v) is 7.93. The molecule has 0 saturated heterocycles. The van der Waals surface area contributed by atoms with Gasteiger partial charge in [-0.3, -0.25) is 0 Å². The molecule has 0 bridgehead atoms. The minimum atomic E-state index is 0.150. The van der Waals surface area contributed by atoms with E-state index in [9.17, 15) is 5.11 Å². The first-order chi connectivity index (χ1) is 9.14. The first-order valence-electron chi connectivity index (χ1n) is 6.70. The topological polar surface area (TPSA) is 41.5 Å². The third-order valence-corrected chi connectivity index (χ3v) is 4.76. The molecule has 2 rings (SSSR count). The Morgan fingerprint density at radius 1 is 1.47 bits per heavy atom. The number of aliphatic hydroxyl groups excluding tert-OH is 1. The summed E-state index contributed by atoms with van der Waals surface area (Å²) in [6.07, 6.45) is 4.33. The number of thioether (sulfide) groups is 1. The number of hydrogen-bond acceptors (Lipinski definition) is 4. The van der Waals surface area contributed by atoms with Crippen molar-refractivity contribution >= 4 is 11.8 Å². The Kier molecular flexibility index (Phi) is 4.76. The van der Waals surface area contributed by atoms with Crippen molar-refractivity contribution in [1.82, 2.24) is 5.32 Å². The minimum Gasteiger partial charge on any atom is -0.496 e. The van der Waals surface area contributed by atoms with Gasteiger partial charge in [0.15, 0.2) is 0 Å². The zero-order valence-corrected chi connectivity index (χ0v) is 12.7. The lowest BCUT2D eigenvalue weighted by Gasteiger charge is -2.19. The average Bonchev–Trinajstić information content (AvgIpc) is 3.24. The van der Waals surface area contributed by atoms with Crippen molar-refractivity contribution in [2.75, 3.05) is 26.5 Å². The van der Waals surface area contributed by atoms with Gasteiger partial charge < -0.3 is 15.2 Å². The summed E-state index contributed by atoms with van der Waals surface area (Å²) in [5, 5.41) is 12.8. The fourth-order valence-corrected chi connectivity index (χ4v) is 2.72. The highest BCUT2D eigenvalue weighted by atomic mass is 32.2. The molecule has 0 aliphatic heterocycles. The second kappa shape index (κ2) is 6.16. The Morgan fingerprint density at radius 3 is 2.74 bits per heavy atom. The quantitative estimate of drug-likeness (QED) is 0.754. The first kappa shape index (κ1) is 14.7. The summed E-state index contributed by atoms with van der Waals surface area (Å²) >= 11 is 1.69. The maximum absolute atomic E-state index is 9.33. The van der Waals surface area contributed by atoms with Crippen molar-refractivity contribution < 1.29 is 9.84 Å². The summed E-state index contributed by atoms with van der Waals surface area (Å²) in [4.78, 5) is 1.16. The fraction of sp³-hybridized carbons (Fsp3) is 0.600. The van der Waals surface area contributed by atoms with Gasteiger partial charge in [0.05, 0.1) is 7.11 Å². The molecule has 0 aromatic heterocycles. The Labute approximate surface area is 119 Å². The zero-order chi connectivity index (χ0) is 13.9. The van der Waals surface area contributed by atoms with Crippen molar-refractivity contribution in [2.45, 2.75) is 30.7 Å². The van der Waals surface area contributed by atoms with Crippen LogP contribution >= 0.6 is 11.8 Å². The lowest BCUT2D eigenvalue weighted by Crippen LogP contribution is -2.28. The van der Waals surface area contributed by atoms with E-state index < -0.39 is 0 Å². The summed E-state index contributed by atoms with van der Waals surface area (Å²) in [5.41, 5.74) is 1.38. The van der Waals surface area contributed by atoms with Crippen LogP contribution < -0.4 is 10.1 Å². The molecule has 19 heavy (non-hydrogen) atoms. The van der Waals surface area contributed by atoms with Gasteiger partial charge in [0.2, 0.25) is 0 Å². The Morgan fingerprint density at radius 2 is 2.21 bits per heavy atom. The van der Waals surface area contributed by atoms with Gasteiger partial charge in [-0.05, 0) is 43.7 Å². The minimum absolute atomic E-state index is 0.150. The molecular formula is C15H23NO2S. The van der Waals surface area contributed by atoms with Crippen LogP contribution in [-0.2, 0) is 0 Å². The normalized spacial score (nSPS) is 18.1. The summed E-state index contributed by atoms with van der Waals surface area (Å²) < 4.78 is 5.42. The molecule has 1 fully saturated rings. The largest absolute Gasteiger partial charge is 0.496 e. The lowest BCUT2D eigenvalue weighted by molar-refractivity contribution is 0.204. The summed E-state index contributed by atoms with van der Waals surface area (Å²) in [7, 11) is 1.71. The van der Waals surface area contributed by atoms with Gasteiger partial charge in [0.25, 0.3) is 0 Å². The van der Waals surface area contributed by atoms with Crippen LogP contribution in [0.4, 0.5) is 0 Å². The summed E-state index contributed by atoms with van der Waals surface area (Å²) in [6, 6.07) is 6.62. The average molecular weight is 281 g/mol. The van der Waals surface area contributed by atoms with Gasteiger partial charge >= 0.3 is 0 Å². The number of nitrogens with one attached hydrogen (secondary N) is 1. The van der Waals surface area contributed by atoms with Crippen LogP contribution in [0.5, 0.6) is 5.75 Å². The van der Waals surface area contributed by atoms with Crippen molar-refractivity contribution in [2.24, 2.45) is 5.41 Å². The summed E-state index contributed by atoms with van der Waals surface area (Å²) in [5.74, 6) is 0.932. The van der Waals surface area contributed by atoms with Gasteiger partial charge in [-0.2, -0.15) is 0 Å². The number of aliphatic hydroxyl groups is 1. The second-order valence-corrected chi connectivity index (χ2v) is 6.22. The molecule has 0 amide bonds. The molecule has 2 N–H and O–H groups in total. The monoisotopic (exact) mass is 281 g/mol.